The normalized spacial score (nSPS) is 16.9. The maximum atomic E-state index is 5.70. The number of fused-ring (bicyclic) bond motifs is 1. The van der Waals surface area contributed by atoms with Gasteiger partial charge in [-0.2, -0.15) is 0 Å². The van der Waals surface area contributed by atoms with Crippen molar-refractivity contribution >= 4 is 11.0 Å². The van der Waals surface area contributed by atoms with E-state index in [1.54, 1.807) is 0 Å². The average Bonchev–Trinajstić information content (AvgIpc) is 3.03. The molecule has 0 aliphatic carbocycles. The minimum atomic E-state index is 0.773. The van der Waals surface area contributed by atoms with Crippen LogP contribution in [-0.4, -0.2) is 52.7 Å². The van der Waals surface area contributed by atoms with Crippen molar-refractivity contribution in [2.75, 3.05) is 32.8 Å². The lowest BCUT2D eigenvalue weighted by Crippen LogP contribution is -2.35. The van der Waals surface area contributed by atoms with Gasteiger partial charge in [0.15, 0.2) is 0 Å². The molecule has 3 rings (SSSR count). The first-order valence-electron chi connectivity index (χ1n) is 9.45. The molecular weight excluding hydrogens is 300 g/mol. The highest BCUT2D eigenvalue weighted by Gasteiger charge is 2.18. The molecule has 2 aromatic rings. The third-order valence-corrected chi connectivity index (χ3v) is 4.92. The topological polar surface area (TPSA) is 43.2 Å². The van der Waals surface area contributed by atoms with E-state index in [1.165, 1.54) is 38.9 Å². The van der Waals surface area contributed by atoms with Crippen molar-refractivity contribution in [3.05, 3.63) is 24.3 Å². The lowest BCUT2D eigenvalue weighted by atomic mass is 9.97. The molecule has 1 aliphatic rings. The third-order valence-electron chi connectivity index (χ3n) is 4.92. The summed E-state index contributed by atoms with van der Waals surface area (Å²) in [6.45, 7) is 8.67. The predicted molar refractivity (Wildman–Crippen MR) is 97.0 cm³/mol. The van der Waals surface area contributed by atoms with Crippen molar-refractivity contribution in [2.45, 2.75) is 45.6 Å². The maximum Gasteiger partial charge on any atom is 0.113 e. The van der Waals surface area contributed by atoms with Gasteiger partial charge in [-0.3, -0.25) is 0 Å². The fraction of sp³-hybridized carbons (Fsp3) is 0.684. The average molecular weight is 330 g/mol. The van der Waals surface area contributed by atoms with Crippen LogP contribution in [-0.2, 0) is 11.3 Å². The molecule has 1 saturated heterocycles. The van der Waals surface area contributed by atoms with Gasteiger partial charge in [0.05, 0.1) is 5.52 Å². The molecule has 5 nitrogen and oxygen atoms in total. The molecular formula is C19H30N4O. The number of hydrogen-bond donors (Lipinski definition) is 0. The number of benzene rings is 1. The van der Waals surface area contributed by atoms with Crippen LogP contribution in [0.15, 0.2) is 24.3 Å². The Labute approximate surface area is 145 Å². The zero-order chi connectivity index (χ0) is 16.6. The molecule has 0 N–H and O–H groups in total. The summed E-state index contributed by atoms with van der Waals surface area (Å²) in [5.74, 6) is 0.773. The second kappa shape index (κ2) is 9.14. The summed E-state index contributed by atoms with van der Waals surface area (Å²) < 4.78 is 7.73. The Morgan fingerprint density at radius 3 is 2.75 bits per heavy atom. The van der Waals surface area contributed by atoms with Crippen molar-refractivity contribution in [1.29, 1.82) is 0 Å². The summed E-state index contributed by atoms with van der Waals surface area (Å²) in [7, 11) is 0. The zero-order valence-electron chi connectivity index (χ0n) is 14.9. The standard InChI is InChI=1S/C19H30N4O/c1-2-15-24-16-17-9-13-22(14-10-17)11-5-6-12-23-19-8-4-3-7-18(19)20-21-23/h3-4,7-8,17H,2,5-6,9-16H2,1H3. The van der Waals surface area contributed by atoms with Crippen LogP contribution in [0.1, 0.15) is 39.0 Å². The number of ether oxygens (including phenoxy) is 1. The van der Waals surface area contributed by atoms with E-state index in [2.05, 4.69) is 34.3 Å². The minimum Gasteiger partial charge on any atom is -0.381 e. The van der Waals surface area contributed by atoms with Crippen LogP contribution in [0.4, 0.5) is 0 Å². The van der Waals surface area contributed by atoms with Crippen LogP contribution in [0.5, 0.6) is 0 Å². The van der Waals surface area contributed by atoms with Crippen molar-refractivity contribution in [1.82, 2.24) is 19.9 Å². The highest BCUT2D eigenvalue weighted by atomic mass is 16.5. The van der Waals surface area contributed by atoms with Gasteiger partial charge >= 0.3 is 0 Å². The summed E-state index contributed by atoms with van der Waals surface area (Å²) in [6, 6.07) is 8.18. The quantitative estimate of drug-likeness (QED) is 0.661. The van der Waals surface area contributed by atoms with Crippen molar-refractivity contribution in [3.8, 4) is 0 Å². The highest BCUT2D eigenvalue weighted by molar-refractivity contribution is 5.73. The molecule has 1 aromatic heterocycles. The molecule has 0 unspecified atom stereocenters. The number of hydrogen-bond acceptors (Lipinski definition) is 4. The maximum absolute atomic E-state index is 5.70. The fourth-order valence-electron chi connectivity index (χ4n) is 3.45. The van der Waals surface area contributed by atoms with E-state index in [0.717, 1.165) is 49.6 Å². The van der Waals surface area contributed by atoms with Gasteiger partial charge in [-0.15, -0.1) is 5.10 Å². The van der Waals surface area contributed by atoms with Crippen LogP contribution >= 0.6 is 0 Å². The van der Waals surface area contributed by atoms with Crippen molar-refractivity contribution in [2.24, 2.45) is 5.92 Å². The molecule has 0 saturated carbocycles. The Kier molecular flexibility index (Phi) is 6.61. The number of piperidine rings is 1. The van der Waals surface area contributed by atoms with Gasteiger partial charge < -0.3 is 9.64 Å². The van der Waals surface area contributed by atoms with E-state index in [1.807, 2.05) is 16.8 Å². The largest absolute Gasteiger partial charge is 0.381 e. The SMILES string of the molecule is CCCOCC1CCN(CCCCn2nnc3ccccc32)CC1. The summed E-state index contributed by atoms with van der Waals surface area (Å²) in [5.41, 5.74) is 2.13. The molecule has 5 heteroatoms. The van der Waals surface area contributed by atoms with Crippen molar-refractivity contribution in [3.63, 3.8) is 0 Å². The number of rotatable bonds is 9. The Bertz CT molecular complexity index is 604. The van der Waals surface area contributed by atoms with E-state index in [-0.39, 0.29) is 0 Å². The van der Waals surface area contributed by atoms with Crippen LogP contribution in [0.25, 0.3) is 11.0 Å². The van der Waals surface area contributed by atoms with Crippen LogP contribution in [0.3, 0.4) is 0 Å². The summed E-state index contributed by atoms with van der Waals surface area (Å²) in [6.07, 6.45) is 6.09. The van der Waals surface area contributed by atoms with Gasteiger partial charge in [-0.1, -0.05) is 24.3 Å². The van der Waals surface area contributed by atoms with Crippen LogP contribution < -0.4 is 0 Å². The second-order valence-corrected chi connectivity index (χ2v) is 6.87. The highest BCUT2D eigenvalue weighted by Crippen LogP contribution is 2.18. The molecule has 2 heterocycles. The van der Waals surface area contributed by atoms with Gasteiger partial charge in [0.1, 0.15) is 5.52 Å². The van der Waals surface area contributed by atoms with Gasteiger partial charge in [-0.25, -0.2) is 4.68 Å². The Balaban J connectivity index is 1.32. The van der Waals surface area contributed by atoms with Gasteiger partial charge in [0, 0.05) is 19.8 Å². The first-order chi connectivity index (χ1) is 11.9. The third kappa shape index (κ3) is 4.77. The van der Waals surface area contributed by atoms with Crippen LogP contribution in [0, 0.1) is 5.92 Å². The zero-order valence-corrected chi connectivity index (χ0v) is 14.9. The van der Waals surface area contributed by atoms with Gasteiger partial charge in [0.25, 0.3) is 0 Å². The summed E-state index contributed by atoms with van der Waals surface area (Å²) in [5, 5.41) is 8.48. The Morgan fingerprint density at radius 1 is 1.12 bits per heavy atom. The Morgan fingerprint density at radius 2 is 1.92 bits per heavy atom. The predicted octanol–water partition coefficient (Wildman–Crippen LogP) is 3.35. The Hall–Kier alpha value is -1.46. The number of nitrogens with zero attached hydrogens (tertiary/aromatic N) is 4. The number of unbranched alkanes of at least 4 members (excludes halogenated alkanes) is 1. The summed E-state index contributed by atoms with van der Waals surface area (Å²) >= 11 is 0. The molecule has 0 spiro atoms. The molecule has 1 fully saturated rings. The smallest absolute Gasteiger partial charge is 0.113 e. The van der Waals surface area contributed by atoms with Gasteiger partial charge in [0.2, 0.25) is 0 Å². The molecule has 1 aliphatic heterocycles. The van der Waals surface area contributed by atoms with E-state index < -0.39 is 0 Å². The molecule has 132 valence electrons. The van der Waals surface area contributed by atoms with E-state index in [9.17, 15) is 0 Å². The monoisotopic (exact) mass is 330 g/mol. The number of likely N-dealkylation sites (tertiary alicyclic amines) is 1. The molecule has 0 bridgehead atoms. The number of aryl methyl sites for hydroxylation is 1. The second-order valence-electron chi connectivity index (χ2n) is 6.87. The van der Waals surface area contributed by atoms with E-state index in [4.69, 9.17) is 4.74 Å². The molecule has 0 atom stereocenters. The summed E-state index contributed by atoms with van der Waals surface area (Å²) in [4.78, 5) is 2.61. The first-order valence-corrected chi connectivity index (χ1v) is 9.45. The molecule has 1 aromatic carbocycles. The van der Waals surface area contributed by atoms with Crippen molar-refractivity contribution < 1.29 is 4.74 Å². The van der Waals surface area contributed by atoms with E-state index in [0.29, 0.717) is 0 Å². The number of aromatic nitrogens is 3. The molecule has 0 radical (unpaired) electrons. The molecule has 0 amide bonds. The molecule has 24 heavy (non-hydrogen) atoms. The van der Waals surface area contributed by atoms with E-state index >= 15 is 0 Å². The first kappa shape index (κ1) is 17.4. The van der Waals surface area contributed by atoms with Gasteiger partial charge in [-0.05, 0) is 69.8 Å². The fourth-order valence-corrected chi connectivity index (χ4v) is 3.45. The number of para-hydroxylation sites is 1. The van der Waals surface area contributed by atoms with Crippen LogP contribution in [0.2, 0.25) is 0 Å². The minimum absolute atomic E-state index is 0.773. The lowest BCUT2D eigenvalue weighted by molar-refractivity contribution is 0.0669. The lowest BCUT2D eigenvalue weighted by Gasteiger charge is -2.31.